The zero-order chi connectivity index (χ0) is 14.8. The zero-order valence-electron chi connectivity index (χ0n) is 13.2. The van der Waals surface area contributed by atoms with E-state index in [0.29, 0.717) is 6.61 Å². The molecule has 1 rings (SSSR count). The van der Waals surface area contributed by atoms with Crippen LogP contribution < -0.4 is 0 Å². The molecule has 4 heteroatoms. The molecule has 0 aromatic heterocycles. The summed E-state index contributed by atoms with van der Waals surface area (Å²) in [6, 6.07) is 0. The van der Waals surface area contributed by atoms with Crippen LogP contribution in [0, 0.1) is 5.92 Å². The molecule has 0 heterocycles. The lowest BCUT2D eigenvalue weighted by molar-refractivity contribution is 0.193. The molecule has 0 aliphatic heterocycles. The van der Waals surface area contributed by atoms with Gasteiger partial charge in [-0.15, -0.1) is 0 Å². The summed E-state index contributed by atoms with van der Waals surface area (Å²) in [5.74, 6) is -0.176. The first-order valence-electron chi connectivity index (χ1n) is 7.26. The molecular formula is C15H29FO2Si. The van der Waals surface area contributed by atoms with E-state index in [9.17, 15) is 9.50 Å². The van der Waals surface area contributed by atoms with Crippen LogP contribution in [0.15, 0.2) is 11.4 Å². The fourth-order valence-corrected chi connectivity index (χ4v) is 3.26. The number of halogens is 1. The quantitative estimate of drug-likeness (QED) is 0.776. The molecule has 1 N–H and O–H groups in total. The van der Waals surface area contributed by atoms with Gasteiger partial charge in [0.2, 0.25) is 0 Å². The van der Waals surface area contributed by atoms with Gasteiger partial charge in [0, 0.05) is 12.5 Å². The fraction of sp³-hybridized carbons (Fsp3) is 0.867. The molecule has 0 radical (unpaired) electrons. The second-order valence-corrected chi connectivity index (χ2v) is 12.0. The lowest BCUT2D eigenvalue weighted by atomic mass is 10.0. The normalized spacial score (nSPS) is 25.6. The van der Waals surface area contributed by atoms with Crippen molar-refractivity contribution < 1.29 is 13.9 Å². The Hall–Kier alpha value is -0.193. The maximum Gasteiger partial charge on any atom is 0.192 e. The lowest BCUT2D eigenvalue weighted by Gasteiger charge is -2.37. The molecule has 2 nitrogen and oxygen atoms in total. The monoisotopic (exact) mass is 288 g/mol. The molecule has 112 valence electrons. The molecule has 0 saturated heterocycles. The van der Waals surface area contributed by atoms with Gasteiger partial charge in [-0.1, -0.05) is 20.8 Å². The maximum atomic E-state index is 13.9. The van der Waals surface area contributed by atoms with Gasteiger partial charge >= 0.3 is 0 Å². The SMILES string of the molecule is CC(O)C(F)=C1CCCC1CO[Si](C)(C)C(C)(C)C. The average Bonchev–Trinajstić information content (AvgIpc) is 2.71. The largest absolute Gasteiger partial charge is 0.416 e. The van der Waals surface area contributed by atoms with E-state index in [2.05, 4.69) is 33.9 Å². The molecule has 1 aliphatic rings. The van der Waals surface area contributed by atoms with Gasteiger partial charge in [0.25, 0.3) is 0 Å². The molecule has 0 amide bonds. The highest BCUT2D eigenvalue weighted by molar-refractivity contribution is 6.74. The first-order valence-corrected chi connectivity index (χ1v) is 10.2. The predicted molar refractivity (Wildman–Crippen MR) is 80.3 cm³/mol. The van der Waals surface area contributed by atoms with Crippen LogP contribution in [0.2, 0.25) is 18.1 Å². The minimum atomic E-state index is -1.77. The summed E-state index contributed by atoms with van der Waals surface area (Å²) in [7, 11) is -1.77. The van der Waals surface area contributed by atoms with E-state index in [-0.39, 0.29) is 16.8 Å². The van der Waals surface area contributed by atoms with E-state index < -0.39 is 14.4 Å². The van der Waals surface area contributed by atoms with E-state index in [1.165, 1.54) is 6.92 Å². The van der Waals surface area contributed by atoms with Crippen molar-refractivity contribution in [3.63, 3.8) is 0 Å². The summed E-state index contributed by atoms with van der Waals surface area (Å²) >= 11 is 0. The van der Waals surface area contributed by atoms with E-state index in [4.69, 9.17) is 4.43 Å². The number of hydrogen-bond acceptors (Lipinski definition) is 2. The molecule has 2 atom stereocenters. The highest BCUT2D eigenvalue weighted by Crippen LogP contribution is 2.40. The van der Waals surface area contributed by atoms with Gasteiger partial charge in [-0.25, -0.2) is 4.39 Å². The second-order valence-electron chi connectivity index (χ2n) is 7.21. The van der Waals surface area contributed by atoms with Crippen LogP contribution in [0.3, 0.4) is 0 Å². The van der Waals surface area contributed by atoms with Crippen molar-refractivity contribution in [2.45, 2.75) is 71.2 Å². The number of rotatable bonds is 4. The van der Waals surface area contributed by atoms with Crippen molar-refractivity contribution in [2.24, 2.45) is 5.92 Å². The minimum absolute atomic E-state index is 0.156. The Kier molecular flexibility index (Phi) is 5.38. The summed E-state index contributed by atoms with van der Waals surface area (Å²) in [4.78, 5) is 0. The summed E-state index contributed by atoms with van der Waals surface area (Å²) in [5, 5.41) is 9.57. The third-order valence-corrected chi connectivity index (χ3v) is 9.12. The highest BCUT2D eigenvalue weighted by atomic mass is 28.4. The van der Waals surface area contributed by atoms with Crippen molar-refractivity contribution in [2.75, 3.05) is 6.61 Å². The first-order chi connectivity index (χ1) is 8.56. The van der Waals surface area contributed by atoms with Crippen LogP contribution in [-0.4, -0.2) is 26.1 Å². The van der Waals surface area contributed by atoms with Crippen molar-refractivity contribution in [1.82, 2.24) is 0 Å². The Morgan fingerprint density at radius 1 is 1.47 bits per heavy atom. The third-order valence-electron chi connectivity index (χ3n) is 4.62. The Labute approximate surface area is 118 Å². The summed E-state index contributed by atoms with van der Waals surface area (Å²) in [5.41, 5.74) is 0.786. The molecular weight excluding hydrogens is 259 g/mol. The van der Waals surface area contributed by atoms with Gasteiger partial charge in [0.05, 0.1) is 0 Å². The van der Waals surface area contributed by atoms with Crippen LogP contribution in [0.4, 0.5) is 4.39 Å². The van der Waals surface area contributed by atoms with E-state index in [0.717, 1.165) is 24.8 Å². The summed E-state index contributed by atoms with van der Waals surface area (Å²) < 4.78 is 20.1. The highest BCUT2D eigenvalue weighted by Gasteiger charge is 2.38. The fourth-order valence-electron chi connectivity index (χ4n) is 2.21. The molecule has 0 bridgehead atoms. The lowest BCUT2D eigenvalue weighted by Crippen LogP contribution is -2.42. The first kappa shape index (κ1) is 16.9. The molecule has 1 fully saturated rings. The number of aliphatic hydroxyl groups excluding tert-OH is 1. The van der Waals surface area contributed by atoms with Crippen molar-refractivity contribution in [3.8, 4) is 0 Å². The zero-order valence-corrected chi connectivity index (χ0v) is 14.2. The molecule has 1 saturated carbocycles. The van der Waals surface area contributed by atoms with Gasteiger partial charge in [-0.2, -0.15) is 0 Å². The smallest absolute Gasteiger partial charge is 0.192 e. The van der Waals surface area contributed by atoms with Gasteiger partial charge in [0.15, 0.2) is 8.32 Å². The van der Waals surface area contributed by atoms with Crippen LogP contribution in [0.25, 0.3) is 0 Å². The number of hydrogen-bond donors (Lipinski definition) is 1. The molecule has 1 aliphatic carbocycles. The molecule has 0 aromatic carbocycles. The third kappa shape index (κ3) is 4.13. The van der Waals surface area contributed by atoms with Crippen LogP contribution in [-0.2, 0) is 4.43 Å². The Bertz CT molecular complexity index is 343. The summed E-state index contributed by atoms with van der Waals surface area (Å²) in [6.45, 7) is 13.2. The topological polar surface area (TPSA) is 29.5 Å². The molecule has 2 unspecified atom stereocenters. The molecule has 0 spiro atoms. The minimum Gasteiger partial charge on any atom is -0.416 e. The van der Waals surface area contributed by atoms with Gasteiger partial charge in [-0.3, -0.25) is 0 Å². The Morgan fingerprint density at radius 3 is 2.53 bits per heavy atom. The van der Waals surface area contributed by atoms with E-state index >= 15 is 0 Å². The molecule has 0 aromatic rings. The van der Waals surface area contributed by atoms with Crippen molar-refractivity contribution in [3.05, 3.63) is 11.4 Å². The van der Waals surface area contributed by atoms with Gasteiger partial charge in [-0.05, 0) is 49.9 Å². The number of aliphatic hydroxyl groups is 1. The Morgan fingerprint density at radius 2 is 2.05 bits per heavy atom. The van der Waals surface area contributed by atoms with Crippen LogP contribution in [0.1, 0.15) is 47.0 Å². The van der Waals surface area contributed by atoms with Gasteiger partial charge < -0.3 is 9.53 Å². The standard InChI is InChI=1S/C15H29FO2Si/c1-11(17)14(16)13-9-7-8-12(13)10-18-19(5,6)15(2,3)4/h11-12,17H,7-10H2,1-6H3. The average molecular weight is 288 g/mol. The second kappa shape index (κ2) is 6.06. The predicted octanol–water partition coefficient (Wildman–Crippen LogP) is 4.41. The van der Waals surface area contributed by atoms with Crippen LogP contribution in [0.5, 0.6) is 0 Å². The maximum absolute atomic E-state index is 13.9. The van der Waals surface area contributed by atoms with E-state index in [1.807, 2.05) is 0 Å². The Balaban J connectivity index is 2.71. The van der Waals surface area contributed by atoms with Crippen molar-refractivity contribution >= 4 is 8.32 Å². The van der Waals surface area contributed by atoms with E-state index in [1.54, 1.807) is 0 Å². The van der Waals surface area contributed by atoms with Gasteiger partial charge in [0.1, 0.15) is 11.9 Å². The van der Waals surface area contributed by atoms with Crippen LogP contribution >= 0.6 is 0 Å². The van der Waals surface area contributed by atoms with Crippen molar-refractivity contribution in [1.29, 1.82) is 0 Å². The summed E-state index contributed by atoms with van der Waals surface area (Å²) in [6.07, 6.45) is 1.76. The molecule has 19 heavy (non-hydrogen) atoms.